The van der Waals surface area contributed by atoms with Gasteiger partial charge in [0.25, 0.3) is 11.7 Å². The van der Waals surface area contributed by atoms with Crippen LogP contribution in [0.2, 0.25) is 0 Å². The second-order valence-corrected chi connectivity index (χ2v) is 7.94. The van der Waals surface area contributed by atoms with Crippen LogP contribution >= 0.6 is 0 Å². The number of aryl methyl sites for hydroxylation is 1. The Bertz CT molecular complexity index is 1230. The molecule has 1 aliphatic heterocycles. The fourth-order valence-corrected chi connectivity index (χ4v) is 4.13. The Balaban J connectivity index is 1.92. The van der Waals surface area contributed by atoms with E-state index in [9.17, 15) is 14.7 Å². The van der Waals surface area contributed by atoms with Gasteiger partial charge in [-0.2, -0.15) is 0 Å². The molecule has 1 saturated heterocycles. The maximum Gasteiger partial charge on any atom is 0.300 e. The van der Waals surface area contributed by atoms with Gasteiger partial charge in [0.15, 0.2) is 0 Å². The maximum atomic E-state index is 13.3. The number of nitrogens with zero attached hydrogens (tertiary/aromatic N) is 1. The van der Waals surface area contributed by atoms with Gasteiger partial charge in [0.2, 0.25) is 0 Å². The number of hydrogen-bond donors (Lipinski definition) is 1. The lowest BCUT2D eigenvalue weighted by Gasteiger charge is -2.25. The molecule has 4 rings (SSSR count). The van der Waals surface area contributed by atoms with Crippen molar-refractivity contribution in [2.24, 2.45) is 0 Å². The molecule has 34 heavy (non-hydrogen) atoms. The van der Waals surface area contributed by atoms with Gasteiger partial charge in [-0.05, 0) is 50.6 Å². The molecule has 1 heterocycles. The molecule has 1 unspecified atom stereocenters. The molecule has 1 atom stereocenters. The molecule has 0 aliphatic carbocycles. The van der Waals surface area contributed by atoms with E-state index in [2.05, 4.69) is 0 Å². The van der Waals surface area contributed by atoms with Crippen molar-refractivity contribution < 1.29 is 24.2 Å². The van der Waals surface area contributed by atoms with Gasteiger partial charge in [0.1, 0.15) is 17.3 Å². The Kier molecular flexibility index (Phi) is 6.68. The summed E-state index contributed by atoms with van der Waals surface area (Å²) in [5.74, 6) is -0.763. The van der Waals surface area contributed by atoms with Crippen molar-refractivity contribution in [3.05, 3.63) is 95.1 Å². The zero-order valence-corrected chi connectivity index (χ0v) is 19.4. The van der Waals surface area contributed by atoms with E-state index in [0.29, 0.717) is 41.5 Å². The van der Waals surface area contributed by atoms with Crippen molar-refractivity contribution in [3.63, 3.8) is 0 Å². The van der Waals surface area contributed by atoms with E-state index in [-0.39, 0.29) is 11.3 Å². The van der Waals surface area contributed by atoms with E-state index in [1.165, 1.54) is 4.90 Å². The number of carbonyl (C=O) groups is 2. The maximum absolute atomic E-state index is 13.3. The summed E-state index contributed by atoms with van der Waals surface area (Å²) in [6.07, 6.45) is 0. The number of anilines is 1. The molecule has 0 radical (unpaired) electrons. The molecule has 0 spiro atoms. The summed E-state index contributed by atoms with van der Waals surface area (Å²) in [5, 5.41) is 11.4. The number of aliphatic hydroxyl groups is 1. The van der Waals surface area contributed by atoms with Crippen molar-refractivity contribution >= 4 is 23.1 Å². The lowest BCUT2D eigenvalue weighted by Crippen LogP contribution is -2.29. The first-order valence-corrected chi connectivity index (χ1v) is 11.3. The summed E-state index contributed by atoms with van der Waals surface area (Å²) >= 11 is 0. The molecule has 1 N–H and O–H groups in total. The second kappa shape index (κ2) is 9.83. The van der Waals surface area contributed by atoms with E-state index >= 15 is 0 Å². The van der Waals surface area contributed by atoms with Crippen molar-refractivity contribution in [2.75, 3.05) is 18.1 Å². The highest BCUT2D eigenvalue weighted by Crippen LogP contribution is 2.43. The van der Waals surface area contributed by atoms with Gasteiger partial charge < -0.3 is 14.6 Å². The van der Waals surface area contributed by atoms with Crippen LogP contribution in [-0.4, -0.2) is 30.0 Å². The standard InChI is InChI=1S/C28H27NO5/c1-4-33-21-15-16-22(23(17-21)34-5-2)26(30)24-25(19-9-7-6-8-10-19)29(28(32)27(24)31)20-13-11-18(3)12-14-20/h6-17,25,30H,4-5H2,1-3H3/b26-24-. The number of ketones is 1. The molecule has 1 amide bonds. The third-order valence-corrected chi connectivity index (χ3v) is 5.69. The Morgan fingerprint density at radius 1 is 0.912 bits per heavy atom. The van der Waals surface area contributed by atoms with Gasteiger partial charge in [-0.3, -0.25) is 14.5 Å². The summed E-state index contributed by atoms with van der Waals surface area (Å²) in [5.41, 5.74) is 2.67. The third-order valence-electron chi connectivity index (χ3n) is 5.69. The number of rotatable bonds is 7. The first-order chi connectivity index (χ1) is 16.5. The number of benzene rings is 3. The third kappa shape index (κ3) is 4.27. The molecule has 0 bridgehead atoms. The zero-order valence-electron chi connectivity index (χ0n) is 19.4. The monoisotopic (exact) mass is 457 g/mol. The van der Waals surface area contributed by atoms with E-state index in [1.807, 2.05) is 63.2 Å². The second-order valence-electron chi connectivity index (χ2n) is 7.94. The van der Waals surface area contributed by atoms with Gasteiger partial charge in [0, 0.05) is 11.8 Å². The summed E-state index contributed by atoms with van der Waals surface area (Å²) in [7, 11) is 0. The average Bonchev–Trinajstić information content (AvgIpc) is 3.11. The summed E-state index contributed by atoms with van der Waals surface area (Å²) in [6, 6.07) is 20.8. The molecule has 0 saturated carbocycles. The van der Waals surface area contributed by atoms with Crippen LogP contribution in [0.5, 0.6) is 11.5 Å². The highest BCUT2D eigenvalue weighted by molar-refractivity contribution is 6.51. The van der Waals surface area contributed by atoms with Gasteiger partial charge >= 0.3 is 0 Å². The fraction of sp³-hybridized carbons (Fsp3) is 0.214. The number of hydrogen-bond acceptors (Lipinski definition) is 5. The summed E-state index contributed by atoms with van der Waals surface area (Å²) in [6.45, 7) is 6.49. The number of Topliss-reactive ketones (excluding diaryl/α,β-unsaturated/α-hetero) is 1. The molecular weight excluding hydrogens is 430 g/mol. The summed E-state index contributed by atoms with van der Waals surface area (Å²) < 4.78 is 11.3. The highest BCUT2D eigenvalue weighted by Gasteiger charge is 2.47. The normalized spacial score (nSPS) is 17.1. The molecule has 3 aromatic carbocycles. The Hall–Kier alpha value is -4.06. The molecule has 6 nitrogen and oxygen atoms in total. The minimum Gasteiger partial charge on any atom is -0.507 e. The van der Waals surface area contributed by atoms with Gasteiger partial charge in [-0.25, -0.2) is 0 Å². The lowest BCUT2D eigenvalue weighted by atomic mass is 9.94. The van der Waals surface area contributed by atoms with Gasteiger partial charge in [-0.1, -0.05) is 48.0 Å². The van der Waals surface area contributed by atoms with Crippen LogP contribution in [0.25, 0.3) is 5.76 Å². The molecule has 6 heteroatoms. The lowest BCUT2D eigenvalue weighted by molar-refractivity contribution is -0.132. The highest BCUT2D eigenvalue weighted by atomic mass is 16.5. The molecule has 1 aliphatic rings. The first-order valence-electron chi connectivity index (χ1n) is 11.3. The Morgan fingerprint density at radius 2 is 1.59 bits per heavy atom. The number of aliphatic hydroxyl groups excluding tert-OH is 1. The van der Waals surface area contributed by atoms with Crippen LogP contribution in [0.1, 0.15) is 36.6 Å². The molecule has 3 aromatic rings. The minimum atomic E-state index is -0.787. The van der Waals surface area contributed by atoms with Crippen LogP contribution in [0, 0.1) is 6.92 Å². The topological polar surface area (TPSA) is 76.1 Å². The van der Waals surface area contributed by atoms with Crippen molar-refractivity contribution in [1.82, 2.24) is 0 Å². The predicted octanol–water partition coefficient (Wildman–Crippen LogP) is 5.42. The van der Waals surface area contributed by atoms with Gasteiger partial charge in [0.05, 0.1) is 30.4 Å². The quantitative estimate of drug-likeness (QED) is 0.291. The van der Waals surface area contributed by atoms with Crippen LogP contribution < -0.4 is 14.4 Å². The van der Waals surface area contributed by atoms with Gasteiger partial charge in [-0.15, -0.1) is 0 Å². The first kappa shape index (κ1) is 23.1. The summed E-state index contributed by atoms with van der Waals surface area (Å²) in [4.78, 5) is 28.0. The molecule has 0 aromatic heterocycles. The number of amides is 1. The minimum absolute atomic E-state index is 0.0156. The van der Waals surface area contributed by atoms with Crippen molar-refractivity contribution in [2.45, 2.75) is 26.8 Å². The molecule has 1 fully saturated rings. The average molecular weight is 458 g/mol. The Morgan fingerprint density at radius 3 is 2.24 bits per heavy atom. The van der Waals surface area contributed by atoms with E-state index < -0.39 is 17.7 Å². The number of carbonyl (C=O) groups excluding carboxylic acids is 2. The van der Waals surface area contributed by atoms with Crippen molar-refractivity contribution in [1.29, 1.82) is 0 Å². The van der Waals surface area contributed by atoms with E-state index in [1.54, 1.807) is 30.3 Å². The van der Waals surface area contributed by atoms with E-state index in [0.717, 1.165) is 5.56 Å². The Labute approximate surface area is 199 Å². The predicted molar refractivity (Wildman–Crippen MR) is 131 cm³/mol. The van der Waals surface area contributed by atoms with Crippen LogP contribution in [0.15, 0.2) is 78.4 Å². The van der Waals surface area contributed by atoms with E-state index in [4.69, 9.17) is 9.47 Å². The molecule has 174 valence electrons. The van der Waals surface area contributed by atoms with Crippen molar-refractivity contribution in [3.8, 4) is 11.5 Å². The zero-order chi connectivity index (χ0) is 24.2. The fourth-order valence-electron chi connectivity index (χ4n) is 4.13. The molecular formula is C28H27NO5. The van der Waals surface area contributed by atoms with Crippen LogP contribution in [0.4, 0.5) is 5.69 Å². The smallest absolute Gasteiger partial charge is 0.300 e. The number of ether oxygens (including phenoxy) is 2. The van der Waals surface area contributed by atoms with Crippen LogP contribution in [-0.2, 0) is 9.59 Å². The largest absolute Gasteiger partial charge is 0.507 e. The SMILES string of the molecule is CCOc1ccc(/C(O)=C2/C(=O)C(=O)N(c3ccc(C)cc3)C2c2ccccc2)c(OCC)c1. The van der Waals surface area contributed by atoms with Crippen LogP contribution in [0.3, 0.4) is 0 Å².